The highest BCUT2D eigenvalue weighted by molar-refractivity contribution is 6.24. The van der Waals surface area contributed by atoms with E-state index in [1.54, 1.807) is 0 Å². The predicted molar refractivity (Wildman–Crippen MR) is 101 cm³/mol. The third-order valence-corrected chi connectivity index (χ3v) is 5.85. The van der Waals surface area contributed by atoms with Gasteiger partial charge in [-0.2, -0.15) is 0 Å². The maximum Gasteiger partial charge on any atom is 0.238 e. The number of carbonyl (C=O) groups excluding carboxylic acids is 3. The second-order valence-electron chi connectivity index (χ2n) is 7.78. The topological polar surface area (TPSA) is 63.2 Å². The monoisotopic (exact) mass is 355 g/mol. The van der Waals surface area contributed by atoms with Gasteiger partial charge in [0.1, 0.15) is 0 Å². The molecule has 0 bridgehead atoms. The van der Waals surface area contributed by atoms with Crippen molar-refractivity contribution in [3.8, 4) is 0 Å². The molecule has 0 aromatic heterocycles. The lowest BCUT2D eigenvalue weighted by molar-refractivity contribution is -0.136. The number of aryl methyl sites for hydroxylation is 1. The summed E-state index contributed by atoms with van der Waals surface area (Å²) >= 11 is 0. The molecule has 2 unspecified atom stereocenters. The molecule has 1 saturated carbocycles. The number of hydrogen-bond donors (Lipinski definition) is 1. The Kier molecular flexibility index (Phi) is 6.59. The Hall–Kier alpha value is -1.97. The van der Waals surface area contributed by atoms with Crippen LogP contribution in [0.15, 0.2) is 30.3 Å². The molecule has 1 aromatic carbocycles. The summed E-state index contributed by atoms with van der Waals surface area (Å²) in [6.45, 7) is 0. The number of Topliss-reactive ketones (excluding diaryl/α,β-unsaturated/α-hetero) is 2. The molecule has 1 amide bonds. The summed E-state index contributed by atoms with van der Waals surface area (Å²) in [5.74, 6) is -1.15. The molecule has 4 nitrogen and oxygen atoms in total. The predicted octanol–water partition coefficient (Wildman–Crippen LogP) is 3.62. The Morgan fingerprint density at radius 2 is 1.73 bits per heavy atom. The Labute approximate surface area is 155 Å². The molecular weight excluding hydrogens is 326 g/mol. The van der Waals surface area contributed by atoms with Gasteiger partial charge in [0, 0.05) is 6.42 Å². The van der Waals surface area contributed by atoms with Crippen LogP contribution in [0, 0.1) is 11.8 Å². The maximum absolute atomic E-state index is 12.5. The van der Waals surface area contributed by atoms with Crippen LogP contribution in [0.25, 0.3) is 0 Å². The molecule has 140 valence electrons. The molecule has 1 aliphatic carbocycles. The molecule has 3 rings (SSSR count). The zero-order valence-electron chi connectivity index (χ0n) is 15.4. The first-order chi connectivity index (χ1) is 12.6. The van der Waals surface area contributed by atoms with Crippen molar-refractivity contribution in [1.82, 2.24) is 5.32 Å². The number of ketones is 2. The minimum absolute atomic E-state index is 0.189. The number of carbonyl (C=O) groups is 3. The van der Waals surface area contributed by atoms with Crippen LogP contribution in [0.4, 0.5) is 0 Å². The molecule has 26 heavy (non-hydrogen) atoms. The third kappa shape index (κ3) is 4.80. The van der Waals surface area contributed by atoms with Crippen molar-refractivity contribution in [2.45, 2.75) is 70.3 Å². The summed E-state index contributed by atoms with van der Waals surface area (Å²) < 4.78 is 0. The van der Waals surface area contributed by atoms with Gasteiger partial charge in [-0.25, -0.2) is 0 Å². The van der Waals surface area contributed by atoms with Crippen LogP contribution in [0.3, 0.4) is 0 Å². The number of benzene rings is 1. The molecule has 1 N–H and O–H groups in total. The van der Waals surface area contributed by atoms with Crippen molar-refractivity contribution in [2.24, 2.45) is 11.8 Å². The zero-order valence-corrected chi connectivity index (χ0v) is 15.4. The van der Waals surface area contributed by atoms with Crippen LogP contribution in [0.5, 0.6) is 0 Å². The van der Waals surface area contributed by atoms with Gasteiger partial charge in [-0.15, -0.1) is 0 Å². The second kappa shape index (κ2) is 9.11. The molecular formula is C22H29NO3. The van der Waals surface area contributed by atoms with Crippen molar-refractivity contribution in [3.63, 3.8) is 0 Å². The maximum atomic E-state index is 12.5. The van der Waals surface area contributed by atoms with E-state index < -0.39 is 17.9 Å². The molecule has 1 aliphatic heterocycles. The fourth-order valence-electron chi connectivity index (χ4n) is 4.32. The van der Waals surface area contributed by atoms with Crippen LogP contribution in [-0.2, 0) is 20.8 Å². The summed E-state index contributed by atoms with van der Waals surface area (Å²) in [6, 6.07) is 9.37. The van der Waals surface area contributed by atoms with E-state index in [4.69, 9.17) is 0 Å². The van der Waals surface area contributed by atoms with Crippen LogP contribution >= 0.6 is 0 Å². The highest BCUT2D eigenvalue weighted by Crippen LogP contribution is 2.28. The normalized spacial score (nSPS) is 23.8. The number of amides is 1. The lowest BCUT2D eigenvalue weighted by atomic mass is 9.85. The van der Waals surface area contributed by atoms with E-state index in [1.165, 1.54) is 32.1 Å². The minimum Gasteiger partial charge on any atom is -0.345 e. The third-order valence-electron chi connectivity index (χ3n) is 5.85. The van der Waals surface area contributed by atoms with E-state index in [0.717, 1.165) is 30.7 Å². The van der Waals surface area contributed by atoms with Gasteiger partial charge in [-0.3, -0.25) is 14.4 Å². The zero-order chi connectivity index (χ0) is 18.4. The highest BCUT2D eigenvalue weighted by atomic mass is 16.2. The molecule has 0 spiro atoms. The van der Waals surface area contributed by atoms with Gasteiger partial charge in [0.15, 0.2) is 17.5 Å². The number of rotatable bonds is 8. The highest BCUT2D eigenvalue weighted by Gasteiger charge is 2.44. The second-order valence-corrected chi connectivity index (χ2v) is 7.78. The van der Waals surface area contributed by atoms with Gasteiger partial charge in [0.25, 0.3) is 0 Å². The average Bonchev–Trinajstić information content (AvgIpc) is 2.95. The Morgan fingerprint density at radius 1 is 1.00 bits per heavy atom. The molecule has 4 heteroatoms. The minimum atomic E-state index is -1.07. The lowest BCUT2D eigenvalue weighted by Crippen LogP contribution is -2.29. The summed E-state index contributed by atoms with van der Waals surface area (Å²) in [7, 11) is 0. The van der Waals surface area contributed by atoms with E-state index in [0.29, 0.717) is 12.8 Å². The van der Waals surface area contributed by atoms with E-state index in [1.807, 2.05) is 30.3 Å². The number of nitrogens with one attached hydrogen (secondary N) is 1. The van der Waals surface area contributed by atoms with Crippen molar-refractivity contribution >= 4 is 17.5 Å². The SMILES string of the molecule is O=C(CCCC1CCCCC1)C1C(=O)NC(CCc2ccccc2)C1=O. The largest absolute Gasteiger partial charge is 0.345 e. The fourth-order valence-corrected chi connectivity index (χ4v) is 4.32. The van der Waals surface area contributed by atoms with Gasteiger partial charge in [-0.05, 0) is 30.7 Å². The Bertz CT molecular complexity index is 634. The van der Waals surface area contributed by atoms with Gasteiger partial charge < -0.3 is 5.32 Å². The first-order valence-corrected chi connectivity index (χ1v) is 10.1. The molecule has 1 heterocycles. The van der Waals surface area contributed by atoms with Crippen molar-refractivity contribution in [1.29, 1.82) is 0 Å². The summed E-state index contributed by atoms with van der Waals surface area (Å²) in [6.07, 6.45) is 9.93. The lowest BCUT2D eigenvalue weighted by Gasteiger charge is -2.21. The van der Waals surface area contributed by atoms with E-state index in [9.17, 15) is 14.4 Å². The van der Waals surface area contributed by atoms with Crippen molar-refractivity contribution < 1.29 is 14.4 Å². The van der Waals surface area contributed by atoms with Crippen molar-refractivity contribution in [3.05, 3.63) is 35.9 Å². The molecule has 1 saturated heterocycles. The van der Waals surface area contributed by atoms with Crippen LogP contribution in [0.2, 0.25) is 0 Å². The smallest absolute Gasteiger partial charge is 0.238 e. The van der Waals surface area contributed by atoms with Crippen LogP contribution in [-0.4, -0.2) is 23.5 Å². The molecule has 2 fully saturated rings. The Morgan fingerprint density at radius 3 is 2.46 bits per heavy atom. The first kappa shape index (κ1) is 18.8. The van der Waals surface area contributed by atoms with E-state index in [2.05, 4.69) is 5.32 Å². The average molecular weight is 355 g/mol. The summed E-state index contributed by atoms with van der Waals surface area (Å²) in [5.41, 5.74) is 1.14. The molecule has 2 atom stereocenters. The molecule has 0 radical (unpaired) electrons. The van der Waals surface area contributed by atoms with Crippen LogP contribution in [0.1, 0.15) is 63.4 Å². The van der Waals surface area contributed by atoms with Gasteiger partial charge in [-0.1, -0.05) is 68.9 Å². The van der Waals surface area contributed by atoms with Gasteiger partial charge >= 0.3 is 0 Å². The van der Waals surface area contributed by atoms with E-state index in [-0.39, 0.29) is 11.6 Å². The van der Waals surface area contributed by atoms with Crippen molar-refractivity contribution in [2.75, 3.05) is 0 Å². The molecule has 1 aromatic rings. The van der Waals surface area contributed by atoms with E-state index >= 15 is 0 Å². The molecule has 2 aliphatic rings. The quantitative estimate of drug-likeness (QED) is 0.725. The van der Waals surface area contributed by atoms with Gasteiger partial charge in [0.2, 0.25) is 5.91 Å². The first-order valence-electron chi connectivity index (χ1n) is 10.1. The number of hydrogen-bond acceptors (Lipinski definition) is 3. The summed E-state index contributed by atoms with van der Waals surface area (Å²) in [5, 5.41) is 2.74. The standard InChI is InChI=1S/C22H29NO3/c24-19(13-7-12-16-8-3-1-4-9-16)20-21(25)18(23-22(20)26)15-14-17-10-5-2-6-11-17/h2,5-6,10-11,16,18,20H,1,3-4,7-9,12-15H2,(H,23,26). The Balaban J connectivity index is 1.45. The van der Waals surface area contributed by atoms with Gasteiger partial charge in [0.05, 0.1) is 6.04 Å². The van der Waals surface area contributed by atoms with Crippen LogP contribution < -0.4 is 5.32 Å². The summed E-state index contributed by atoms with van der Waals surface area (Å²) in [4.78, 5) is 37.1. The fraction of sp³-hybridized carbons (Fsp3) is 0.591.